The van der Waals surface area contributed by atoms with Crippen LogP contribution in [0.15, 0.2) is 59.5 Å². The Morgan fingerprint density at radius 1 is 1.12 bits per heavy atom. The average Bonchev–Trinajstić information content (AvgIpc) is 3.26. The first-order valence-corrected chi connectivity index (χ1v) is 11.7. The predicted molar refractivity (Wildman–Crippen MR) is 126 cm³/mol. The molecule has 2 aromatic carbocycles. The van der Waals surface area contributed by atoms with Crippen LogP contribution >= 0.6 is 11.8 Å². The monoisotopic (exact) mass is 491 g/mol. The smallest absolute Gasteiger partial charge is 0.314 e. The van der Waals surface area contributed by atoms with Crippen LogP contribution in [0.3, 0.4) is 0 Å². The van der Waals surface area contributed by atoms with Gasteiger partial charge in [0, 0.05) is 22.1 Å². The summed E-state index contributed by atoms with van der Waals surface area (Å²) in [4.78, 5) is 26.0. The van der Waals surface area contributed by atoms with Crippen LogP contribution in [0.1, 0.15) is 35.2 Å². The average molecular weight is 492 g/mol. The number of esters is 1. The molecule has 6 nitrogen and oxygen atoms in total. The molecular weight excluding hydrogens is 464 g/mol. The molecule has 1 amide bonds. The van der Waals surface area contributed by atoms with E-state index in [1.807, 2.05) is 12.2 Å². The first-order chi connectivity index (χ1) is 16.4. The summed E-state index contributed by atoms with van der Waals surface area (Å²) in [6.45, 7) is 1.97. The van der Waals surface area contributed by atoms with Crippen LogP contribution in [0.2, 0.25) is 0 Å². The first-order valence-electron chi connectivity index (χ1n) is 10.8. The Balaban J connectivity index is 1.78. The van der Waals surface area contributed by atoms with Crippen LogP contribution < -0.4 is 14.8 Å². The van der Waals surface area contributed by atoms with Crippen molar-refractivity contribution in [1.82, 2.24) is 5.32 Å². The van der Waals surface area contributed by atoms with E-state index in [9.17, 15) is 18.4 Å². The highest BCUT2D eigenvalue weighted by atomic mass is 32.2. The summed E-state index contributed by atoms with van der Waals surface area (Å²) in [5.41, 5.74) is 0.928. The number of benzene rings is 2. The predicted octanol–water partition coefficient (Wildman–Crippen LogP) is 5.04. The number of hydrogen-bond donors (Lipinski definition) is 1. The van der Waals surface area contributed by atoms with Crippen molar-refractivity contribution in [2.75, 3.05) is 20.8 Å². The SMILES string of the molecule is CCOC(=O)[C@H](c1cc(OC)ccc1OC)[C@H]1C=C[C@@H](NC(=O)c2cccc(SC(F)F)c2)C1. The van der Waals surface area contributed by atoms with Crippen LogP contribution in [-0.2, 0) is 9.53 Å². The molecule has 0 saturated heterocycles. The van der Waals surface area contributed by atoms with E-state index in [4.69, 9.17) is 14.2 Å². The van der Waals surface area contributed by atoms with Crippen LogP contribution in [0.4, 0.5) is 8.78 Å². The van der Waals surface area contributed by atoms with Crippen molar-refractivity contribution in [2.24, 2.45) is 5.92 Å². The van der Waals surface area contributed by atoms with Gasteiger partial charge in [-0.25, -0.2) is 0 Å². The highest BCUT2D eigenvalue weighted by molar-refractivity contribution is 7.99. The lowest BCUT2D eigenvalue weighted by atomic mass is 9.84. The summed E-state index contributed by atoms with van der Waals surface area (Å²) >= 11 is 0.388. The van der Waals surface area contributed by atoms with Crippen molar-refractivity contribution in [3.63, 3.8) is 0 Å². The van der Waals surface area contributed by atoms with E-state index >= 15 is 0 Å². The molecule has 0 saturated carbocycles. The van der Waals surface area contributed by atoms with Gasteiger partial charge in [-0.2, -0.15) is 8.78 Å². The molecular formula is C25H27F2NO5S. The van der Waals surface area contributed by atoms with Crippen molar-refractivity contribution >= 4 is 23.6 Å². The molecule has 3 atom stereocenters. The summed E-state index contributed by atoms with van der Waals surface area (Å²) in [5, 5.41) is 2.90. The summed E-state index contributed by atoms with van der Waals surface area (Å²) in [7, 11) is 3.07. The zero-order valence-corrected chi connectivity index (χ0v) is 19.9. The van der Waals surface area contributed by atoms with Crippen LogP contribution in [-0.4, -0.2) is 44.5 Å². The number of carbonyl (C=O) groups is 2. The molecule has 9 heteroatoms. The van der Waals surface area contributed by atoms with Gasteiger partial charge in [-0.3, -0.25) is 9.59 Å². The second kappa shape index (κ2) is 11.9. The topological polar surface area (TPSA) is 73.9 Å². The van der Waals surface area contributed by atoms with Gasteiger partial charge in [-0.15, -0.1) is 0 Å². The number of allylic oxidation sites excluding steroid dienone is 1. The van der Waals surface area contributed by atoms with Crippen molar-refractivity contribution in [3.05, 3.63) is 65.7 Å². The molecule has 0 aromatic heterocycles. The maximum Gasteiger partial charge on any atom is 0.314 e. The maximum atomic E-state index is 13.0. The van der Waals surface area contributed by atoms with E-state index in [1.165, 1.54) is 19.2 Å². The second-order valence-corrected chi connectivity index (χ2v) is 8.67. The number of carbonyl (C=O) groups excluding carboxylic acids is 2. The minimum absolute atomic E-state index is 0.227. The van der Waals surface area contributed by atoms with E-state index in [-0.39, 0.29) is 24.5 Å². The Kier molecular flexibility index (Phi) is 8.92. The number of halogens is 2. The normalized spacial score (nSPS) is 17.9. The molecule has 3 rings (SSSR count). The Morgan fingerprint density at radius 2 is 1.91 bits per heavy atom. The molecule has 0 unspecified atom stereocenters. The molecule has 1 N–H and O–H groups in total. The van der Waals surface area contributed by atoms with Gasteiger partial charge in [0.25, 0.3) is 11.7 Å². The number of alkyl halides is 2. The molecule has 0 heterocycles. The Labute approximate surface area is 201 Å². The number of ether oxygens (including phenoxy) is 3. The number of amides is 1. The third kappa shape index (κ3) is 6.28. The fourth-order valence-corrected chi connectivity index (χ4v) is 4.55. The van der Waals surface area contributed by atoms with Crippen LogP contribution in [0, 0.1) is 5.92 Å². The largest absolute Gasteiger partial charge is 0.497 e. The van der Waals surface area contributed by atoms with Crippen LogP contribution in [0.25, 0.3) is 0 Å². The minimum atomic E-state index is -2.56. The quantitative estimate of drug-likeness (QED) is 0.285. The standard InChI is InChI=1S/C25H27F2NO5S/c1-4-33-24(30)22(20-14-18(31-2)10-11-21(20)32-3)15-8-9-17(12-15)28-23(29)16-6-5-7-19(13-16)34-25(26)27/h5-11,13-15,17,22,25H,4,12H2,1-3H3,(H,28,29)/t15-,17+,22-/m0/s1. The molecule has 1 aliphatic carbocycles. The molecule has 34 heavy (non-hydrogen) atoms. The van der Waals surface area contributed by atoms with Crippen LogP contribution in [0.5, 0.6) is 11.5 Å². The minimum Gasteiger partial charge on any atom is -0.497 e. The molecule has 0 spiro atoms. The van der Waals surface area contributed by atoms with Crippen molar-refractivity contribution in [3.8, 4) is 11.5 Å². The third-order valence-corrected chi connectivity index (χ3v) is 6.20. The van der Waals surface area contributed by atoms with Crippen molar-refractivity contribution < 1.29 is 32.6 Å². The van der Waals surface area contributed by atoms with E-state index in [2.05, 4.69) is 5.32 Å². The third-order valence-electron chi connectivity index (χ3n) is 5.50. The number of nitrogens with one attached hydrogen (secondary N) is 1. The van der Waals surface area contributed by atoms with Gasteiger partial charge in [-0.05, 0) is 55.7 Å². The summed E-state index contributed by atoms with van der Waals surface area (Å²) in [5.74, 6) is -3.14. The van der Waals surface area contributed by atoms with Gasteiger partial charge in [0.1, 0.15) is 11.5 Å². The van der Waals surface area contributed by atoms with Crippen molar-refractivity contribution in [2.45, 2.75) is 36.0 Å². The van der Waals surface area contributed by atoms with E-state index in [0.29, 0.717) is 45.7 Å². The van der Waals surface area contributed by atoms with E-state index < -0.39 is 17.6 Å². The zero-order valence-electron chi connectivity index (χ0n) is 19.1. The summed E-state index contributed by atoms with van der Waals surface area (Å²) in [6, 6.07) is 11.0. The first kappa shape index (κ1) is 25.6. The zero-order chi connectivity index (χ0) is 24.7. The Morgan fingerprint density at radius 3 is 2.59 bits per heavy atom. The van der Waals surface area contributed by atoms with Gasteiger partial charge in [0.15, 0.2) is 0 Å². The molecule has 0 aliphatic heterocycles. The van der Waals surface area contributed by atoms with Gasteiger partial charge in [0.2, 0.25) is 0 Å². The van der Waals surface area contributed by atoms with Gasteiger partial charge in [-0.1, -0.05) is 30.0 Å². The van der Waals surface area contributed by atoms with Crippen molar-refractivity contribution in [1.29, 1.82) is 0 Å². The molecule has 1 aliphatic rings. The number of hydrogen-bond acceptors (Lipinski definition) is 6. The van der Waals surface area contributed by atoms with E-state index in [0.717, 1.165) is 0 Å². The molecule has 182 valence electrons. The van der Waals surface area contributed by atoms with Gasteiger partial charge in [0.05, 0.1) is 26.7 Å². The molecule has 0 radical (unpaired) electrons. The van der Waals surface area contributed by atoms with Gasteiger partial charge < -0.3 is 19.5 Å². The summed E-state index contributed by atoms with van der Waals surface area (Å²) < 4.78 is 41.5. The molecule has 0 fully saturated rings. The second-order valence-electron chi connectivity index (χ2n) is 7.61. The fraction of sp³-hybridized carbons (Fsp3) is 0.360. The Hall–Kier alpha value is -3.07. The number of rotatable bonds is 10. The maximum absolute atomic E-state index is 13.0. The lowest BCUT2D eigenvalue weighted by Gasteiger charge is -2.24. The lowest BCUT2D eigenvalue weighted by molar-refractivity contribution is -0.146. The lowest BCUT2D eigenvalue weighted by Crippen LogP contribution is -2.34. The van der Waals surface area contributed by atoms with Gasteiger partial charge >= 0.3 is 5.97 Å². The highest BCUT2D eigenvalue weighted by Gasteiger charge is 2.36. The highest BCUT2D eigenvalue weighted by Crippen LogP contribution is 2.40. The number of methoxy groups -OCH3 is 2. The Bertz CT molecular complexity index is 1050. The fourth-order valence-electron chi connectivity index (χ4n) is 3.99. The van der Waals surface area contributed by atoms with E-state index in [1.54, 1.807) is 44.4 Å². The molecule has 0 bridgehead atoms. The molecule has 2 aromatic rings. The summed E-state index contributed by atoms with van der Waals surface area (Å²) in [6.07, 6.45) is 4.18. The number of thioether (sulfide) groups is 1.